The summed E-state index contributed by atoms with van der Waals surface area (Å²) in [6, 6.07) is 7.70. The Balaban J connectivity index is 2.25. The molecule has 0 radical (unpaired) electrons. The first kappa shape index (κ1) is 11.0. The topological polar surface area (TPSA) is 55.0 Å². The Morgan fingerprint density at radius 1 is 1.38 bits per heavy atom. The minimum absolute atomic E-state index is 0.408. The number of anilines is 2. The third-order valence-corrected chi connectivity index (χ3v) is 3.15. The van der Waals surface area contributed by atoms with Gasteiger partial charge in [0.05, 0.1) is 0 Å². The van der Waals surface area contributed by atoms with Gasteiger partial charge in [-0.3, -0.25) is 0 Å². The maximum atomic E-state index is 5.53. The Bertz CT molecular complexity index is 478. The van der Waals surface area contributed by atoms with Crippen LogP contribution in [0.25, 0.3) is 0 Å². The molecule has 0 spiro atoms. The molecular weight excluding hydrogens is 240 g/mol. The van der Waals surface area contributed by atoms with Gasteiger partial charge in [0.25, 0.3) is 0 Å². The minimum Gasteiger partial charge on any atom is -0.389 e. The van der Waals surface area contributed by atoms with Gasteiger partial charge < -0.3 is 10.6 Å². The highest BCUT2D eigenvalue weighted by molar-refractivity contribution is 7.80. The van der Waals surface area contributed by atoms with Gasteiger partial charge >= 0.3 is 0 Å². The van der Waals surface area contributed by atoms with Gasteiger partial charge in [0, 0.05) is 29.8 Å². The van der Waals surface area contributed by atoms with Crippen molar-refractivity contribution in [2.24, 2.45) is 5.73 Å². The highest BCUT2D eigenvalue weighted by atomic mass is 32.1. The summed E-state index contributed by atoms with van der Waals surface area (Å²) in [5.41, 5.74) is 7.42. The van der Waals surface area contributed by atoms with Crippen LogP contribution in [0.2, 0.25) is 0 Å². The van der Waals surface area contributed by atoms with Crippen LogP contribution in [0.1, 0.15) is 5.56 Å². The summed E-state index contributed by atoms with van der Waals surface area (Å²) in [6.45, 7) is 0. The lowest BCUT2D eigenvalue weighted by Crippen LogP contribution is -2.11. The van der Waals surface area contributed by atoms with E-state index in [2.05, 4.69) is 9.36 Å². The molecule has 1 aromatic heterocycles. The molecule has 0 aliphatic carbocycles. The first-order valence-corrected chi connectivity index (χ1v) is 5.77. The molecule has 2 aromatic rings. The number of nitrogens with two attached hydrogens (primary N) is 1. The Labute approximate surface area is 103 Å². The van der Waals surface area contributed by atoms with Gasteiger partial charge in [0.15, 0.2) is 0 Å². The number of thiocarbonyl (C=S) groups is 1. The molecule has 1 aromatic carbocycles. The molecule has 0 saturated heterocycles. The molecule has 0 aliphatic heterocycles. The van der Waals surface area contributed by atoms with Crippen LogP contribution in [0.4, 0.5) is 10.8 Å². The third kappa shape index (κ3) is 2.17. The predicted molar refractivity (Wildman–Crippen MR) is 70.3 cm³/mol. The second-order valence-corrected chi connectivity index (χ2v) is 4.39. The number of aromatic nitrogens is 2. The van der Waals surface area contributed by atoms with Gasteiger partial charge in [-0.15, -0.1) is 0 Å². The lowest BCUT2D eigenvalue weighted by molar-refractivity contribution is 1.16. The van der Waals surface area contributed by atoms with Crippen LogP contribution in [0.15, 0.2) is 30.6 Å². The predicted octanol–water partition coefficient (Wildman–Crippen LogP) is 1.94. The molecule has 0 amide bonds. The number of rotatable bonds is 3. The Kier molecular flexibility index (Phi) is 3.12. The summed E-state index contributed by atoms with van der Waals surface area (Å²) in [4.78, 5) is 6.50. The summed E-state index contributed by atoms with van der Waals surface area (Å²) in [5, 5.41) is 0.850. The molecule has 4 nitrogen and oxygen atoms in total. The van der Waals surface area contributed by atoms with Crippen molar-refractivity contribution in [1.82, 2.24) is 9.36 Å². The lowest BCUT2D eigenvalue weighted by Gasteiger charge is -2.15. The van der Waals surface area contributed by atoms with E-state index in [0.29, 0.717) is 4.99 Å². The van der Waals surface area contributed by atoms with Gasteiger partial charge in [0.2, 0.25) is 5.13 Å². The van der Waals surface area contributed by atoms with E-state index < -0.39 is 0 Å². The zero-order valence-electron chi connectivity index (χ0n) is 8.62. The van der Waals surface area contributed by atoms with E-state index in [0.717, 1.165) is 16.4 Å². The molecule has 82 valence electrons. The first-order chi connectivity index (χ1) is 7.68. The van der Waals surface area contributed by atoms with Gasteiger partial charge in [0.1, 0.15) is 11.3 Å². The molecule has 0 saturated carbocycles. The van der Waals surface area contributed by atoms with Crippen LogP contribution < -0.4 is 10.6 Å². The van der Waals surface area contributed by atoms with Crippen LogP contribution in [-0.2, 0) is 0 Å². The monoisotopic (exact) mass is 250 g/mol. The Morgan fingerprint density at radius 3 is 2.56 bits per heavy atom. The summed E-state index contributed by atoms with van der Waals surface area (Å²) in [7, 11) is 1.94. The number of hydrogen-bond donors (Lipinski definition) is 1. The van der Waals surface area contributed by atoms with Crippen molar-refractivity contribution >= 4 is 39.6 Å². The van der Waals surface area contributed by atoms with Crippen molar-refractivity contribution in [2.75, 3.05) is 11.9 Å². The molecule has 0 aliphatic rings. The summed E-state index contributed by atoms with van der Waals surface area (Å²) >= 11 is 6.25. The summed E-state index contributed by atoms with van der Waals surface area (Å²) < 4.78 is 3.96. The fourth-order valence-electron chi connectivity index (χ4n) is 1.27. The average Bonchev–Trinajstić information content (AvgIpc) is 2.81. The summed E-state index contributed by atoms with van der Waals surface area (Å²) in [6.07, 6.45) is 1.54. The SMILES string of the molecule is CN(c1ccc(C(N)=S)cc1)c1ncns1. The zero-order chi connectivity index (χ0) is 11.5. The standard InChI is InChI=1S/C10H10N4S2/c1-14(10-12-6-13-16-10)8-4-2-7(3-5-8)9(11)15/h2-6H,1H3,(H2,11,15). The fraction of sp³-hybridized carbons (Fsp3) is 0.100. The van der Waals surface area contributed by atoms with E-state index >= 15 is 0 Å². The molecule has 6 heteroatoms. The van der Waals surface area contributed by atoms with Gasteiger partial charge in [-0.2, -0.15) is 4.37 Å². The zero-order valence-corrected chi connectivity index (χ0v) is 10.3. The van der Waals surface area contributed by atoms with E-state index in [9.17, 15) is 0 Å². The molecule has 2 N–H and O–H groups in total. The molecular formula is C10H10N4S2. The quantitative estimate of drug-likeness (QED) is 0.844. The normalized spacial score (nSPS) is 10.1. The molecule has 0 unspecified atom stereocenters. The Morgan fingerprint density at radius 2 is 2.06 bits per heavy atom. The second kappa shape index (κ2) is 4.54. The molecule has 0 atom stereocenters. The van der Waals surface area contributed by atoms with Crippen molar-refractivity contribution in [3.8, 4) is 0 Å². The fourth-order valence-corrected chi connectivity index (χ4v) is 1.92. The minimum atomic E-state index is 0.408. The van der Waals surface area contributed by atoms with Gasteiger partial charge in [-0.25, -0.2) is 4.98 Å². The number of benzene rings is 1. The van der Waals surface area contributed by atoms with Gasteiger partial charge in [-0.05, 0) is 24.3 Å². The van der Waals surface area contributed by atoms with E-state index in [-0.39, 0.29) is 0 Å². The van der Waals surface area contributed by atoms with Crippen molar-refractivity contribution in [3.05, 3.63) is 36.2 Å². The van der Waals surface area contributed by atoms with E-state index in [1.54, 1.807) is 6.33 Å². The van der Waals surface area contributed by atoms with Crippen LogP contribution >= 0.6 is 23.8 Å². The van der Waals surface area contributed by atoms with Crippen LogP contribution in [-0.4, -0.2) is 21.4 Å². The Hall–Kier alpha value is -1.53. The highest BCUT2D eigenvalue weighted by Crippen LogP contribution is 2.23. The smallest absolute Gasteiger partial charge is 0.209 e. The van der Waals surface area contributed by atoms with Gasteiger partial charge in [-0.1, -0.05) is 12.2 Å². The van der Waals surface area contributed by atoms with E-state index in [1.165, 1.54) is 11.5 Å². The maximum absolute atomic E-state index is 5.53. The molecule has 0 bridgehead atoms. The molecule has 0 fully saturated rings. The highest BCUT2D eigenvalue weighted by Gasteiger charge is 2.06. The first-order valence-electron chi connectivity index (χ1n) is 4.59. The average molecular weight is 250 g/mol. The van der Waals surface area contributed by atoms with E-state index in [1.807, 2.05) is 36.2 Å². The lowest BCUT2D eigenvalue weighted by atomic mass is 10.2. The maximum Gasteiger partial charge on any atom is 0.209 e. The van der Waals surface area contributed by atoms with E-state index in [4.69, 9.17) is 18.0 Å². The second-order valence-electron chi connectivity index (χ2n) is 3.19. The van der Waals surface area contributed by atoms with Crippen LogP contribution in [0, 0.1) is 0 Å². The molecule has 16 heavy (non-hydrogen) atoms. The largest absolute Gasteiger partial charge is 0.389 e. The molecule has 2 rings (SSSR count). The number of hydrogen-bond acceptors (Lipinski definition) is 5. The summed E-state index contributed by atoms with van der Waals surface area (Å²) in [5.74, 6) is 0. The van der Waals surface area contributed by atoms with Crippen molar-refractivity contribution in [1.29, 1.82) is 0 Å². The third-order valence-electron chi connectivity index (χ3n) is 2.18. The van der Waals surface area contributed by atoms with Crippen molar-refractivity contribution in [3.63, 3.8) is 0 Å². The van der Waals surface area contributed by atoms with Crippen molar-refractivity contribution < 1.29 is 0 Å². The van der Waals surface area contributed by atoms with Crippen LogP contribution in [0.5, 0.6) is 0 Å². The number of nitrogens with zero attached hydrogens (tertiary/aromatic N) is 3. The van der Waals surface area contributed by atoms with Crippen LogP contribution in [0.3, 0.4) is 0 Å². The molecule has 1 heterocycles. The van der Waals surface area contributed by atoms with Crippen molar-refractivity contribution in [2.45, 2.75) is 0 Å².